The van der Waals surface area contributed by atoms with Gasteiger partial charge in [0.2, 0.25) is 0 Å². The summed E-state index contributed by atoms with van der Waals surface area (Å²) in [7, 11) is 0. The fourth-order valence-corrected chi connectivity index (χ4v) is 2.17. The molecule has 3 N–H and O–H groups in total. The molecule has 1 aromatic carbocycles. The molecule has 0 spiro atoms. The van der Waals surface area contributed by atoms with Crippen molar-refractivity contribution < 1.29 is 9.90 Å². The lowest BCUT2D eigenvalue weighted by atomic mass is 10.0. The number of likely N-dealkylation sites (tertiary alicyclic amines) is 1. The van der Waals surface area contributed by atoms with E-state index in [1.54, 1.807) is 30.0 Å². The Morgan fingerprint density at radius 3 is 2.94 bits per heavy atom. The molecule has 4 heteroatoms. The maximum atomic E-state index is 12.2. The number of hydrogen-bond acceptors (Lipinski definition) is 3. The van der Waals surface area contributed by atoms with Crippen molar-refractivity contribution in [3.05, 3.63) is 29.3 Å². The van der Waals surface area contributed by atoms with Gasteiger partial charge in [-0.1, -0.05) is 0 Å². The number of phenolic OH excluding ortho intramolecular Hbond substituents is 1. The summed E-state index contributed by atoms with van der Waals surface area (Å²) in [4.78, 5) is 14.0. The molecule has 17 heavy (non-hydrogen) atoms. The molecule has 1 atom stereocenters. The van der Waals surface area contributed by atoms with Crippen molar-refractivity contribution in [1.82, 2.24) is 4.90 Å². The highest BCUT2D eigenvalue weighted by Gasteiger charge is 2.22. The minimum atomic E-state index is 0.00301. The van der Waals surface area contributed by atoms with Gasteiger partial charge < -0.3 is 15.7 Å². The van der Waals surface area contributed by atoms with Crippen LogP contribution in [0.1, 0.15) is 28.8 Å². The van der Waals surface area contributed by atoms with Gasteiger partial charge in [-0.15, -0.1) is 0 Å². The first-order chi connectivity index (χ1) is 8.08. The van der Waals surface area contributed by atoms with Crippen molar-refractivity contribution in [2.75, 3.05) is 13.1 Å². The van der Waals surface area contributed by atoms with Gasteiger partial charge >= 0.3 is 0 Å². The smallest absolute Gasteiger partial charge is 0.253 e. The number of phenols is 1. The van der Waals surface area contributed by atoms with Crippen molar-refractivity contribution in [1.29, 1.82) is 0 Å². The van der Waals surface area contributed by atoms with E-state index in [-0.39, 0.29) is 17.7 Å². The summed E-state index contributed by atoms with van der Waals surface area (Å²) in [5.41, 5.74) is 7.20. The van der Waals surface area contributed by atoms with Gasteiger partial charge in [0.05, 0.1) is 0 Å². The molecule has 1 amide bonds. The van der Waals surface area contributed by atoms with Crippen molar-refractivity contribution >= 4 is 5.91 Å². The van der Waals surface area contributed by atoms with E-state index in [1.807, 2.05) is 0 Å². The summed E-state index contributed by atoms with van der Waals surface area (Å²) >= 11 is 0. The van der Waals surface area contributed by atoms with E-state index in [1.165, 1.54) is 0 Å². The molecular weight excluding hydrogens is 216 g/mol. The van der Waals surface area contributed by atoms with E-state index in [9.17, 15) is 9.90 Å². The van der Waals surface area contributed by atoms with Gasteiger partial charge in [0.25, 0.3) is 5.91 Å². The van der Waals surface area contributed by atoms with E-state index >= 15 is 0 Å². The first kappa shape index (κ1) is 11.9. The van der Waals surface area contributed by atoms with E-state index in [0.717, 1.165) is 24.9 Å². The van der Waals surface area contributed by atoms with Crippen LogP contribution in [0.2, 0.25) is 0 Å². The van der Waals surface area contributed by atoms with E-state index in [4.69, 9.17) is 5.73 Å². The maximum Gasteiger partial charge on any atom is 0.253 e. The number of benzene rings is 1. The number of carbonyl (C=O) groups excluding carboxylic acids is 1. The first-order valence-corrected chi connectivity index (χ1v) is 5.92. The van der Waals surface area contributed by atoms with Crippen LogP contribution in [0.3, 0.4) is 0 Å². The quantitative estimate of drug-likeness (QED) is 0.769. The number of piperidine rings is 1. The minimum absolute atomic E-state index is 0.00301. The topological polar surface area (TPSA) is 66.6 Å². The number of carbonyl (C=O) groups is 1. The Hall–Kier alpha value is -1.55. The number of rotatable bonds is 1. The largest absolute Gasteiger partial charge is 0.508 e. The lowest BCUT2D eigenvalue weighted by Crippen LogP contribution is -2.45. The predicted octanol–water partition coefficient (Wildman–Crippen LogP) is 1.26. The Bertz CT molecular complexity index is 431. The van der Waals surface area contributed by atoms with Gasteiger partial charge in [-0.3, -0.25) is 4.79 Å². The van der Waals surface area contributed by atoms with Gasteiger partial charge in [0.1, 0.15) is 5.75 Å². The van der Waals surface area contributed by atoms with E-state index < -0.39 is 0 Å². The van der Waals surface area contributed by atoms with E-state index in [2.05, 4.69) is 0 Å². The van der Waals surface area contributed by atoms with Crippen molar-refractivity contribution in [3.8, 4) is 5.75 Å². The summed E-state index contributed by atoms with van der Waals surface area (Å²) < 4.78 is 0. The van der Waals surface area contributed by atoms with E-state index in [0.29, 0.717) is 12.1 Å². The van der Waals surface area contributed by atoms with Crippen LogP contribution in [-0.2, 0) is 0 Å². The van der Waals surface area contributed by atoms with Gasteiger partial charge in [-0.25, -0.2) is 0 Å². The summed E-state index contributed by atoms with van der Waals surface area (Å²) in [6, 6.07) is 5.03. The Labute approximate surface area is 101 Å². The SMILES string of the molecule is Cc1cc(C(=O)N2CCCC(N)C2)ccc1O. The summed E-state index contributed by atoms with van der Waals surface area (Å²) in [5, 5.41) is 9.43. The second-order valence-electron chi connectivity index (χ2n) is 4.65. The molecule has 0 aliphatic carbocycles. The summed E-state index contributed by atoms with van der Waals surface area (Å²) in [6.07, 6.45) is 1.95. The van der Waals surface area contributed by atoms with Crippen LogP contribution in [0.25, 0.3) is 0 Å². The number of nitrogens with zero attached hydrogens (tertiary/aromatic N) is 1. The molecule has 4 nitrogen and oxygen atoms in total. The van der Waals surface area contributed by atoms with Crippen LogP contribution in [-0.4, -0.2) is 35.0 Å². The Morgan fingerprint density at radius 1 is 1.53 bits per heavy atom. The molecule has 0 bridgehead atoms. The molecule has 1 unspecified atom stereocenters. The molecular formula is C13H18N2O2. The van der Waals surface area contributed by atoms with Crippen LogP contribution in [0.5, 0.6) is 5.75 Å². The average Bonchev–Trinajstić information content (AvgIpc) is 2.32. The predicted molar refractivity (Wildman–Crippen MR) is 66.0 cm³/mol. The van der Waals surface area contributed by atoms with Crippen LogP contribution in [0.15, 0.2) is 18.2 Å². The molecule has 1 fully saturated rings. The molecule has 1 aliphatic rings. The van der Waals surface area contributed by atoms with Crippen molar-refractivity contribution in [2.45, 2.75) is 25.8 Å². The molecule has 0 saturated carbocycles. The molecule has 1 aromatic rings. The third kappa shape index (κ3) is 2.58. The standard InChI is InChI=1S/C13H18N2O2/c1-9-7-10(4-5-12(9)16)13(17)15-6-2-3-11(14)8-15/h4-5,7,11,16H,2-3,6,8,14H2,1H3. The fraction of sp³-hybridized carbons (Fsp3) is 0.462. The molecule has 2 rings (SSSR count). The van der Waals surface area contributed by atoms with Gasteiger partial charge in [-0.05, 0) is 43.5 Å². The molecule has 92 valence electrons. The van der Waals surface area contributed by atoms with Crippen molar-refractivity contribution in [2.24, 2.45) is 5.73 Å². The molecule has 1 heterocycles. The number of nitrogens with two attached hydrogens (primary N) is 1. The third-order valence-electron chi connectivity index (χ3n) is 3.19. The second-order valence-corrected chi connectivity index (χ2v) is 4.65. The number of aryl methyl sites for hydroxylation is 1. The zero-order chi connectivity index (χ0) is 12.4. The summed E-state index contributed by atoms with van der Waals surface area (Å²) in [5.74, 6) is 0.222. The number of hydrogen-bond donors (Lipinski definition) is 2. The zero-order valence-electron chi connectivity index (χ0n) is 10.0. The van der Waals surface area contributed by atoms with Gasteiger partial charge in [-0.2, -0.15) is 0 Å². The van der Waals surface area contributed by atoms with Crippen molar-refractivity contribution in [3.63, 3.8) is 0 Å². The molecule has 0 aromatic heterocycles. The maximum absolute atomic E-state index is 12.2. The molecule has 1 saturated heterocycles. The van der Waals surface area contributed by atoms with Gasteiger partial charge in [0.15, 0.2) is 0 Å². The number of amides is 1. The van der Waals surface area contributed by atoms with Crippen LogP contribution in [0.4, 0.5) is 0 Å². The molecule has 0 radical (unpaired) electrons. The Balaban J connectivity index is 2.15. The Kier molecular flexibility index (Phi) is 3.33. The minimum Gasteiger partial charge on any atom is -0.508 e. The normalized spacial score (nSPS) is 20.4. The Morgan fingerprint density at radius 2 is 2.29 bits per heavy atom. The summed E-state index contributed by atoms with van der Waals surface area (Å²) in [6.45, 7) is 3.18. The monoisotopic (exact) mass is 234 g/mol. The van der Waals surface area contributed by atoms with Crippen LogP contribution < -0.4 is 5.73 Å². The second kappa shape index (κ2) is 4.75. The first-order valence-electron chi connectivity index (χ1n) is 5.92. The van der Waals surface area contributed by atoms with Crippen LogP contribution >= 0.6 is 0 Å². The highest BCUT2D eigenvalue weighted by Crippen LogP contribution is 2.19. The fourth-order valence-electron chi connectivity index (χ4n) is 2.17. The molecule has 1 aliphatic heterocycles. The zero-order valence-corrected chi connectivity index (χ0v) is 10.0. The number of aromatic hydroxyl groups is 1. The van der Waals surface area contributed by atoms with Gasteiger partial charge in [0, 0.05) is 24.7 Å². The third-order valence-corrected chi connectivity index (χ3v) is 3.19. The average molecular weight is 234 g/mol. The highest BCUT2D eigenvalue weighted by atomic mass is 16.3. The highest BCUT2D eigenvalue weighted by molar-refractivity contribution is 5.94. The lowest BCUT2D eigenvalue weighted by molar-refractivity contribution is 0.0708. The van der Waals surface area contributed by atoms with Crippen LogP contribution in [0, 0.1) is 6.92 Å². The lowest BCUT2D eigenvalue weighted by Gasteiger charge is -2.30.